The molecule has 0 amide bonds. The van der Waals surface area contributed by atoms with Gasteiger partial charge in [-0.15, -0.1) is 11.3 Å². The van der Waals surface area contributed by atoms with Crippen LogP contribution >= 0.6 is 23.6 Å². The van der Waals surface area contributed by atoms with Gasteiger partial charge in [-0.3, -0.25) is 0 Å². The van der Waals surface area contributed by atoms with Crippen molar-refractivity contribution in [3.05, 3.63) is 60.2 Å². The van der Waals surface area contributed by atoms with E-state index in [-0.39, 0.29) is 5.97 Å². The second-order valence-electron chi connectivity index (χ2n) is 6.38. The zero-order valence-corrected chi connectivity index (χ0v) is 17.9. The van der Waals surface area contributed by atoms with Gasteiger partial charge < -0.3 is 24.8 Å². The summed E-state index contributed by atoms with van der Waals surface area (Å²) in [7, 11) is 0. The number of fused-ring (bicyclic) bond motifs is 1. The molecule has 1 aliphatic rings. The molecule has 0 aliphatic carbocycles. The summed E-state index contributed by atoms with van der Waals surface area (Å²) in [6, 6.07) is 17.2. The fourth-order valence-electron chi connectivity index (χ4n) is 2.98. The summed E-state index contributed by atoms with van der Waals surface area (Å²) < 4.78 is 16.4. The lowest BCUT2D eigenvalue weighted by molar-refractivity contribution is 0.0528. The summed E-state index contributed by atoms with van der Waals surface area (Å²) in [6.07, 6.45) is 0. The van der Waals surface area contributed by atoms with Gasteiger partial charge in [0.2, 0.25) is 0 Å². The highest BCUT2D eigenvalue weighted by Gasteiger charge is 2.19. The van der Waals surface area contributed by atoms with E-state index < -0.39 is 0 Å². The summed E-state index contributed by atoms with van der Waals surface area (Å²) in [6.45, 7) is 3.14. The van der Waals surface area contributed by atoms with E-state index in [9.17, 15) is 4.79 Å². The van der Waals surface area contributed by atoms with E-state index >= 15 is 0 Å². The van der Waals surface area contributed by atoms with Crippen molar-refractivity contribution in [1.82, 2.24) is 0 Å². The van der Waals surface area contributed by atoms with E-state index in [4.69, 9.17) is 26.4 Å². The van der Waals surface area contributed by atoms with E-state index in [1.54, 1.807) is 6.92 Å². The summed E-state index contributed by atoms with van der Waals surface area (Å²) in [5, 5.41) is 7.25. The number of thiocarbonyl (C=S) groups is 1. The van der Waals surface area contributed by atoms with Crippen LogP contribution < -0.4 is 20.1 Å². The minimum absolute atomic E-state index is 0.300. The maximum atomic E-state index is 12.5. The van der Waals surface area contributed by atoms with Gasteiger partial charge in [0.15, 0.2) is 16.6 Å². The first-order valence-electron chi connectivity index (χ1n) is 9.48. The molecule has 2 N–H and O–H groups in total. The molecule has 1 aliphatic heterocycles. The Morgan fingerprint density at radius 2 is 1.83 bits per heavy atom. The number of thiophene rings is 1. The molecule has 0 saturated carbocycles. The van der Waals surface area contributed by atoms with Gasteiger partial charge in [-0.2, -0.15) is 0 Å². The molecule has 154 valence electrons. The van der Waals surface area contributed by atoms with Crippen molar-refractivity contribution in [1.29, 1.82) is 0 Å². The number of benzene rings is 2. The first kappa shape index (κ1) is 20.2. The first-order valence-corrected chi connectivity index (χ1v) is 10.7. The van der Waals surface area contributed by atoms with Gasteiger partial charge in [0.1, 0.15) is 18.2 Å². The summed E-state index contributed by atoms with van der Waals surface area (Å²) in [5.74, 6) is 0.991. The molecule has 2 aromatic carbocycles. The minimum Gasteiger partial charge on any atom is -0.486 e. The average molecular weight is 441 g/mol. The molecule has 4 rings (SSSR count). The highest BCUT2D eigenvalue weighted by Crippen LogP contribution is 2.36. The minimum atomic E-state index is -0.388. The molecule has 0 saturated heterocycles. The predicted molar refractivity (Wildman–Crippen MR) is 123 cm³/mol. The highest BCUT2D eigenvalue weighted by molar-refractivity contribution is 7.80. The van der Waals surface area contributed by atoms with Crippen molar-refractivity contribution in [2.45, 2.75) is 6.92 Å². The Morgan fingerprint density at radius 3 is 2.60 bits per heavy atom. The van der Waals surface area contributed by atoms with Crippen molar-refractivity contribution >= 4 is 45.3 Å². The number of nitrogens with one attached hydrogen (secondary N) is 2. The topological polar surface area (TPSA) is 68.8 Å². The third-order valence-electron chi connectivity index (χ3n) is 4.31. The second-order valence-corrected chi connectivity index (χ2v) is 7.84. The number of carbonyl (C=O) groups excluding carboxylic acids is 1. The lowest BCUT2D eigenvalue weighted by Crippen LogP contribution is -2.20. The lowest BCUT2D eigenvalue weighted by Gasteiger charge is -2.19. The Bertz CT molecular complexity index is 1070. The van der Waals surface area contributed by atoms with Crippen LogP contribution in [-0.2, 0) is 4.74 Å². The van der Waals surface area contributed by atoms with Crippen LogP contribution in [0.1, 0.15) is 17.3 Å². The molecule has 2 heterocycles. The largest absolute Gasteiger partial charge is 0.486 e. The third-order valence-corrected chi connectivity index (χ3v) is 5.62. The van der Waals surface area contributed by atoms with Gasteiger partial charge in [-0.25, -0.2) is 4.79 Å². The van der Waals surface area contributed by atoms with E-state index in [2.05, 4.69) is 10.6 Å². The Labute approximate surface area is 183 Å². The number of anilines is 2. The predicted octanol–water partition coefficient (Wildman–Crippen LogP) is 5.17. The Balaban J connectivity index is 1.54. The number of esters is 1. The number of rotatable bonds is 5. The molecule has 0 spiro atoms. The normalized spacial score (nSPS) is 12.2. The molecule has 1 aromatic heterocycles. The third kappa shape index (κ3) is 4.55. The van der Waals surface area contributed by atoms with E-state index in [1.807, 2.05) is 54.6 Å². The van der Waals surface area contributed by atoms with Crippen molar-refractivity contribution in [3.63, 3.8) is 0 Å². The Kier molecular flexibility index (Phi) is 6.15. The quantitative estimate of drug-likeness (QED) is 0.419. The van der Waals surface area contributed by atoms with Crippen LogP contribution in [0.4, 0.5) is 10.7 Å². The molecule has 0 unspecified atom stereocenters. The van der Waals surface area contributed by atoms with Crippen molar-refractivity contribution in [2.75, 3.05) is 30.5 Å². The number of hydrogen-bond donors (Lipinski definition) is 2. The van der Waals surface area contributed by atoms with Crippen LogP contribution in [0.25, 0.3) is 10.4 Å². The molecule has 3 aromatic rings. The van der Waals surface area contributed by atoms with Gasteiger partial charge >= 0.3 is 5.97 Å². The zero-order chi connectivity index (χ0) is 20.9. The summed E-state index contributed by atoms with van der Waals surface area (Å²) >= 11 is 6.91. The zero-order valence-electron chi connectivity index (χ0n) is 16.3. The molecule has 0 fully saturated rings. The molecule has 0 radical (unpaired) electrons. The van der Waals surface area contributed by atoms with Crippen LogP contribution in [0, 0.1) is 0 Å². The lowest BCUT2D eigenvalue weighted by atomic mass is 10.1. The fourth-order valence-corrected chi connectivity index (χ4v) is 4.32. The average Bonchev–Trinajstić information content (AvgIpc) is 3.18. The maximum absolute atomic E-state index is 12.5. The van der Waals surface area contributed by atoms with Gasteiger partial charge in [-0.05, 0) is 42.9 Å². The van der Waals surface area contributed by atoms with Gasteiger partial charge in [-0.1, -0.05) is 30.3 Å². The number of ether oxygens (including phenoxy) is 3. The summed E-state index contributed by atoms with van der Waals surface area (Å²) in [4.78, 5) is 13.4. The van der Waals surface area contributed by atoms with Gasteiger partial charge in [0.05, 0.1) is 12.2 Å². The maximum Gasteiger partial charge on any atom is 0.341 e. The van der Waals surface area contributed by atoms with Gasteiger partial charge in [0.25, 0.3) is 0 Å². The molecule has 0 atom stereocenters. The smallest absolute Gasteiger partial charge is 0.341 e. The monoisotopic (exact) mass is 440 g/mol. The summed E-state index contributed by atoms with van der Waals surface area (Å²) in [5.41, 5.74) is 2.23. The molecule has 30 heavy (non-hydrogen) atoms. The molecule has 0 bridgehead atoms. The standard InChI is InChI=1S/C22H20N2O4S2/c1-2-26-21(25)16-13-19(14-6-4-3-5-7-14)30-20(16)24-22(29)23-15-8-9-17-18(12-15)28-11-10-27-17/h3-9,12-13H,2,10-11H2,1H3,(H2,23,24,29). The van der Waals surface area contributed by atoms with Crippen LogP contribution in [0.3, 0.4) is 0 Å². The first-order chi connectivity index (χ1) is 14.6. The number of hydrogen-bond acceptors (Lipinski definition) is 6. The fraction of sp³-hybridized carbons (Fsp3) is 0.182. The Morgan fingerprint density at radius 1 is 1.07 bits per heavy atom. The van der Waals surface area contributed by atoms with Crippen molar-refractivity contribution in [3.8, 4) is 21.9 Å². The Hall–Kier alpha value is -3.10. The van der Waals surface area contributed by atoms with Crippen LogP contribution in [0.2, 0.25) is 0 Å². The van der Waals surface area contributed by atoms with Crippen molar-refractivity contribution in [2.24, 2.45) is 0 Å². The number of carbonyl (C=O) groups is 1. The second kappa shape index (κ2) is 9.15. The molecule has 6 nitrogen and oxygen atoms in total. The molecular formula is C22H20N2O4S2. The van der Waals surface area contributed by atoms with Crippen LogP contribution in [-0.4, -0.2) is 30.9 Å². The van der Waals surface area contributed by atoms with E-state index in [1.165, 1.54) is 11.3 Å². The van der Waals surface area contributed by atoms with Crippen LogP contribution in [0.5, 0.6) is 11.5 Å². The van der Waals surface area contributed by atoms with Crippen molar-refractivity contribution < 1.29 is 19.0 Å². The highest BCUT2D eigenvalue weighted by atomic mass is 32.1. The van der Waals surface area contributed by atoms with Crippen LogP contribution in [0.15, 0.2) is 54.6 Å². The van der Waals surface area contributed by atoms with E-state index in [0.29, 0.717) is 47.0 Å². The van der Waals surface area contributed by atoms with Gasteiger partial charge in [0, 0.05) is 16.6 Å². The SMILES string of the molecule is CCOC(=O)c1cc(-c2ccccc2)sc1NC(=S)Nc1ccc2c(c1)OCCO2. The van der Waals surface area contributed by atoms with E-state index in [0.717, 1.165) is 16.1 Å². The molecular weight excluding hydrogens is 420 g/mol. The molecule has 8 heteroatoms.